The first-order valence-electron chi connectivity index (χ1n) is 7.33. The van der Waals surface area contributed by atoms with Gasteiger partial charge in [0.2, 0.25) is 0 Å². The van der Waals surface area contributed by atoms with Crippen LogP contribution in [0, 0.1) is 0 Å². The molecular formula is C17H21NO5. The van der Waals surface area contributed by atoms with E-state index in [0.717, 1.165) is 10.9 Å². The molecule has 2 aromatic rings. The Balaban J connectivity index is 2.26. The third-order valence-electron chi connectivity index (χ3n) is 3.85. The summed E-state index contributed by atoms with van der Waals surface area (Å²) in [4.78, 5) is 23.5. The van der Waals surface area contributed by atoms with Crippen LogP contribution in [0.2, 0.25) is 0 Å². The molecule has 0 bridgehead atoms. The van der Waals surface area contributed by atoms with Crippen molar-refractivity contribution in [1.82, 2.24) is 4.57 Å². The molecule has 6 heteroatoms. The van der Waals surface area contributed by atoms with Crippen molar-refractivity contribution in [2.45, 2.75) is 19.3 Å². The topological polar surface area (TPSA) is 66.8 Å². The summed E-state index contributed by atoms with van der Waals surface area (Å²) in [5, 5.41) is 0.904. The van der Waals surface area contributed by atoms with Gasteiger partial charge >= 0.3 is 5.97 Å². The lowest BCUT2D eigenvalue weighted by atomic mass is 10.1. The predicted molar refractivity (Wildman–Crippen MR) is 86.2 cm³/mol. The maximum absolute atomic E-state index is 12.4. The van der Waals surface area contributed by atoms with Crippen LogP contribution in [0.4, 0.5) is 0 Å². The molecule has 0 saturated heterocycles. The second kappa shape index (κ2) is 7.17. The maximum atomic E-state index is 12.4. The van der Waals surface area contributed by atoms with E-state index in [1.54, 1.807) is 14.2 Å². The van der Waals surface area contributed by atoms with Crippen LogP contribution in [-0.2, 0) is 16.6 Å². The van der Waals surface area contributed by atoms with Crippen LogP contribution in [0.1, 0.15) is 29.8 Å². The number of Topliss-reactive ketones (excluding diaryl/α,β-unsaturated/α-hetero) is 1. The fraction of sp³-hybridized carbons (Fsp3) is 0.412. The average Bonchev–Trinajstić information content (AvgIpc) is 2.89. The molecule has 1 aromatic heterocycles. The Morgan fingerprint density at radius 1 is 1.00 bits per heavy atom. The SMILES string of the molecule is COC(=O)CCCC(=O)c1cc2cc(OC)c(OC)cc2n1C. The number of esters is 1. The molecule has 0 aliphatic rings. The van der Waals surface area contributed by atoms with Crippen LogP contribution in [0.3, 0.4) is 0 Å². The Hall–Kier alpha value is -2.50. The van der Waals surface area contributed by atoms with Gasteiger partial charge in [-0.2, -0.15) is 0 Å². The Morgan fingerprint density at radius 2 is 1.65 bits per heavy atom. The van der Waals surface area contributed by atoms with Crippen molar-refractivity contribution in [3.8, 4) is 11.5 Å². The van der Waals surface area contributed by atoms with Gasteiger partial charge in [-0.05, 0) is 18.6 Å². The first-order chi connectivity index (χ1) is 11.0. The summed E-state index contributed by atoms with van der Waals surface area (Å²) < 4.78 is 17.0. The van der Waals surface area contributed by atoms with Crippen molar-refractivity contribution >= 4 is 22.7 Å². The summed E-state index contributed by atoms with van der Waals surface area (Å²) in [7, 11) is 6.33. The molecule has 6 nitrogen and oxygen atoms in total. The normalized spacial score (nSPS) is 10.6. The van der Waals surface area contributed by atoms with Gasteiger partial charge in [0.05, 0.1) is 32.5 Å². The van der Waals surface area contributed by atoms with Gasteiger partial charge in [-0.1, -0.05) is 0 Å². The van der Waals surface area contributed by atoms with E-state index in [0.29, 0.717) is 30.0 Å². The molecule has 0 radical (unpaired) electrons. The number of nitrogens with zero attached hydrogens (tertiary/aromatic N) is 1. The Kier molecular flexibility index (Phi) is 5.26. The molecule has 2 rings (SSSR count). The number of aromatic nitrogens is 1. The third-order valence-corrected chi connectivity index (χ3v) is 3.85. The lowest BCUT2D eigenvalue weighted by Gasteiger charge is -2.08. The van der Waals surface area contributed by atoms with Crippen molar-refractivity contribution < 1.29 is 23.8 Å². The van der Waals surface area contributed by atoms with Gasteiger partial charge in [-0.3, -0.25) is 9.59 Å². The first kappa shape index (κ1) is 16.9. The number of aryl methyl sites for hydroxylation is 1. The molecule has 1 heterocycles. The Morgan fingerprint density at radius 3 is 2.26 bits per heavy atom. The average molecular weight is 319 g/mol. The highest BCUT2D eigenvalue weighted by molar-refractivity contribution is 6.00. The zero-order valence-electron chi connectivity index (χ0n) is 13.8. The highest BCUT2D eigenvalue weighted by atomic mass is 16.5. The maximum Gasteiger partial charge on any atom is 0.305 e. The monoisotopic (exact) mass is 319 g/mol. The smallest absolute Gasteiger partial charge is 0.305 e. The van der Waals surface area contributed by atoms with E-state index in [1.165, 1.54) is 7.11 Å². The lowest BCUT2D eigenvalue weighted by Crippen LogP contribution is -2.07. The lowest BCUT2D eigenvalue weighted by molar-refractivity contribution is -0.140. The largest absolute Gasteiger partial charge is 0.493 e. The van der Waals surface area contributed by atoms with Crippen LogP contribution in [0.25, 0.3) is 10.9 Å². The van der Waals surface area contributed by atoms with Crippen molar-refractivity contribution in [2.75, 3.05) is 21.3 Å². The van der Waals surface area contributed by atoms with Gasteiger partial charge in [-0.15, -0.1) is 0 Å². The Labute approximate surface area is 134 Å². The van der Waals surface area contributed by atoms with Crippen molar-refractivity contribution in [3.05, 3.63) is 23.9 Å². The summed E-state index contributed by atoms with van der Waals surface area (Å²) in [6.45, 7) is 0. The van der Waals surface area contributed by atoms with Crippen LogP contribution in [0.15, 0.2) is 18.2 Å². The Bertz CT molecular complexity index is 732. The zero-order chi connectivity index (χ0) is 17.0. The van der Waals surface area contributed by atoms with Crippen LogP contribution < -0.4 is 9.47 Å². The highest BCUT2D eigenvalue weighted by Gasteiger charge is 2.16. The van der Waals surface area contributed by atoms with Gasteiger partial charge in [0, 0.05) is 31.3 Å². The van der Waals surface area contributed by atoms with Crippen LogP contribution in [-0.4, -0.2) is 37.6 Å². The van der Waals surface area contributed by atoms with E-state index in [1.807, 2.05) is 29.8 Å². The predicted octanol–water partition coefficient (Wildman–Crippen LogP) is 2.72. The number of ether oxygens (including phenoxy) is 3. The molecule has 0 aliphatic carbocycles. The fourth-order valence-electron chi connectivity index (χ4n) is 2.55. The van der Waals surface area contributed by atoms with E-state index >= 15 is 0 Å². The van der Waals surface area contributed by atoms with E-state index in [9.17, 15) is 9.59 Å². The summed E-state index contributed by atoms with van der Waals surface area (Å²) in [6, 6.07) is 5.52. The number of carbonyl (C=O) groups excluding carboxylic acids is 2. The summed E-state index contributed by atoms with van der Waals surface area (Å²) >= 11 is 0. The number of ketones is 1. The number of carbonyl (C=O) groups is 2. The highest BCUT2D eigenvalue weighted by Crippen LogP contribution is 2.33. The first-order valence-corrected chi connectivity index (χ1v) is 7.33. The summed E-state index contributed by atoms with van der Waals surface area (Å²) in [6.07, 6.45) is 1.01. The fourth-order valence-corrected chi connectivity index (χ4v) is 2.55. The number of fused-ring (bicyclic) bond motifs is 1. The number of hydrogen-bond acceptors (Lipinski definition) is 5. The van der Waals surface area contributed by atoms with Crippen LogP contribution in [0.5, 0.6) is 11.5 Å². The van der Waals surface area contributed by atoms with Gasteiger partial charge in [0.1, 0.15) is 0 Å². The molecule has 0 spiro atoms. The molecule has 0 fully saturated rings. The van der Waals surface area contributed by atoms with Crippen molar-refractivity contribution in [3.63, 3.8) is 0 Å². The molecule has 0 unspecified atom stereocenters. The molecule has 1 aromatic carbocycles. The van der Waals surface area contributed by atoms with Crippen molar-refractivity contribution in [2.24, 2.45) is 7.05 Å². The van der Waals surface area contributed by atoms with E-state index in [4.69, 9.17) is 9.47 Å². The van der Waals surface area contributed by atoms with Gasteiger partial charge in [-0.25, -0.2) is 0 Å². The minimum atomic E-state index is -0.302. The number of rotatable bonds is 7. The molecule has 0 N–H and O–H groups in total. The molecular weight excluding hydrogens is 298 g/mol. The molecule has 0 atom stereocenters. The molecule has 0 amide bonds. The second-order valence-electron chi connectivity index (χ2n) is 5.21. The second-order valence-corrected chi connectivity index (χ2v) is 5.21. The van der Waals surface area contributed by atoms with E-state index < -0.39 is 0 Å². The van der Waals surface area contributed by atoms with Crippen LogP contribution >= 0.6 is 0 Å². The van der Waals surface area contributed by atoms with E-state index in [2.05, 4.69) is 4.74 Å². The molecule has 124 valence electrons. The minimum Gasteiger partial charge on any atom is -0.493 e. The minimum absolute atomic E-state index is 0.00876. The standard InChI is InChI=1S/C17H21NO5/c1-18-12-10-16(22-3)15(21-2)9-11(12)8-13(18)14(19)6-5-7-17(20)23-4/h8-10H,5-7H2,1-4H3. The number of hydrogen-bond donors (Lipinski definition) is 0. The zero-order valence-corrected chi connectivity index (χ0v) is 13.8. The van der Waals surface area contributed by atoms with Crippen molar-refractivity contribution in [1.29, 1.82) is 0 Å². The molecule has 0 aliphatic heterocycles. The summed E-state index contributed by atoms with van der Waals surface area (Å²) in [5.74, 6) is 0.927. The quantitative estimate of drug-likeness (QED) is 0.580. The van der Waals surface area contributed by atoms with Gasteiger partial charge in [0.25, 0.3) is 0 Å². The summed E-state index contributed by atoms with van der Waals surface area (Å²) in [5.41, 5.74) is 1.49. The molecule has 23 heavy (non-hydrogen) atoms. The number of methoxy groups -OCH3 is 3. The number of benzene rings is 1. The van der Waals surface area contributed by atoms with Gasteiger partial charge in [0.15, 0.2) is 17.3 Å². The van der Waals surface area contributed by atoms with E-state index in [-0.39, 0.29) is 18.2 Å². The van der Waals surface area contributed by atoms with Gasteiger partial charge < -0.3 is 18.8 Å². The molecule has 0 saturated carbocycles. The third kappa shape index (κ3) is 3.47.